The van der Waals surface area contributed by atoms with Crippen molar-refractivity contribution in [2.45, 2.75) is 57.0 Å². The zero-order valence-corrected chi connectivity index (χ0v) is 13.5. The van der Waals surface area contributed by atoms with Gasteiger partial charge in [-0.25, -0.2) is 4.98 Å². The molecule has 1 aliphatic heterocycles. The molecule has 1 saturated carbocycles. The van der Waals surface area contributed by atoms with E-state index in [0.29, 0.717) is 17.3 Å². The van der Waals surface area contributed by atoms with Crippen molar-refractivity contribution in [1.29, 1.82) is 5.26 Å². The summed E-state index contributed by atoms with van der Waals surface area (Å²) in [4.78, 5) is 18.9. The summed E-state index contributed by atoms with van der Waals surface area (Å²) in [7, 11) is 0. The van der Waals surface area contributed by atoms with Crippen LogP contribution in [0, 0.1) is 11.3 Å². The summed E-state index contributed by atoms with van der Waals surface area (Å²) < 4.78 is 0. The number of likely N-dealkylation sites (tertiary alicyclic amines) is 1. The van der Waals surface area contributed by atoms with Crippen LogP contribution in [0.4, 0.5) is 0 Å². The lowest BCUT2D eigenvalue weighted by molar-refractivity contribution is 0.0835. The van der Waals surface area contributed by atoms with Crippen LogP contribution in [0.2, 0.25) is 0 Å². The van der Waals surface area contributed by atoms with E-state index < -0.39 is 0 Å². The summed E-state index contributed by atoms with van der Waals surface area (Å²) in [6.07, 6.45) is 10.3. The van der Waals surface area contributed by atoms with Gasteiger partial charge in [0.2, 0.25) is 0 Å². The Labute approximate surface area is 137 Å². The van der Waals surface area contributed by atoms with Gasteiger partial charge in [-0.05, 0) is 44.4 Å². The fraction of sp³-hybridized carbons (Fsp3) is 0.611. The Morgan fingerprint density at radius 3 is 2.74 bits per heavy atom. The van der Waals surface area contributed by atoms with Crippen molar-refractivity contribution in [2.75, 3.05) is 13.1 Å². The fourth-order valence-electron chi connectivity index (χ4n) is 3.77. The first-order valence-electron chi connectivity index (χ1n) is 8.67. The van der Waals surface area contributed by atoms with E-state index in [1.165, 1.54) is 38.3 Å². The first-order chi connectivity index (χ1) is 11.3. The third-order valence-electron chi connectivity index (χ3n) is 5.02. The lowest BCUT2D eigenvalue weighted by atomic mass is 9.92. The number of rotatable bonds is 3. The molecule has 122 valence electrons. The number of pyridine rings is 1. The molecule has 5 heteroatoms. The molecule has 0 radical (unpaired) electrons. The van der Waals surface area contributed by atoms with E-state index in [9.17, 15) is 4.79 Å². The Morgan fingerprint density at radius 2 is 2.04 bits per heavy atom. The second kappa shape index (κ2) is 7.56. The number of piperidine rings is 1. The van der Waals surface area contributed by atoms with Gasteiger partial charge in [-0.15, -0.1) is 0 Å². The maximum absolute atomic E-state index is 12.3. The van der Waals surface area contributed by atoms with Gasteiger partial charge in [0.1, 0.15) is 11.8 Å². The largest absolute Gasteiger partial charge is 0.348 e. The highest BCUT2D eigenvalue weighted by atomic mass is 16.1. The summed E-state index contributed by atoms with van der Waals surface area (Å²) in [6.45, 7) is 2.12. The Morgan fingerprint density at radius 1 is 1.22 bits per heavy atom. The van der Waals surface area contributed by atoms with Crippen molar-refractivity contribution in [3.05, 3.63) is 29.6 Å². The Bertz CT molecular complexity index is 572. The van der Waals surface area contributed by atoms with Crippen LogP contribution < -0.4 is 5.32 Å². The van der Waals surface area contributed by atoms with Crippen LogP contribution in [-0.2, 0) is 0 Å². The van der Waals surface area contributed by atoms with Crippen LogP contribution in [0.15, 0.2) is 18.3 Å². The van der Waals surface area contributed by atoms with Gasteiger partial charge < -0.3 is 5.32 Å². The minimum absolute atomic E-state index is 0.0857. The van der Waals surface area contributed by atoms with E-state index in [-0.39, 0.29) is 11.9 Å². The highest BCUT2D eigenvalue weighted by Crippen LogP contribution is 2.25. The zero-order chi connectivity index (χ0) is 16.1. The van der Waals surface area contributed by atoms with Crippen LogP contribution in [0.5, 0.6) is 0 Å². The SMILES string of the molecule is N#Cc1ccc(C(=O)N[C@H]2CCCN(C3CCCCC3)C2)cn1. The normalized spacial score (nSPS) is 23.2. The number of aromatic nitrogens is 1. The predicted octanol–water partition coefficient (Wildman–Crippen LogP) is 2.48. The molecule has 1 saturated heterocycles. The standard InChI is InChI=1S/C18H24N4O/c19-11-15-9-8-14(12-20-15)18(23)21-16-5-4-10-22(13-16)17-6-2-1-3-7-17/h8-9,12,16-17H,1-7,10,13H2,(H,21,23)/t16-/m0/s1. The highest BCUT2D eigenvalue weighted by molar-refractivity contribution is 5.94. The van der Waals surface area contributed by atoms with Gasteiger partial charge in [0.25, 0.3) is 5.91 Å². The number of nitrogens with zero attached hydrogens (tertiary/aromatic N) is 3. The van der Waals surface area contributed by atoms with E-state index >= 15 is 0 Å². The molecule has 2 fully saturated rings. The number of hydrogen-bond donors (Lipinski definition) is 1. The average Bonchev–Trinajstić information content (AvgIpc) is 2.63. The van der Waals surface area contributed by atoms with Crippen molar-refractivity contribution >= 4 is 5.91 Å². The van der Waals surface area contributed by atoms with E-state index in [0.717, 1.165) is 25.9 Å². The quantitative estimate of drug-likeness (QED) is 0.931. The molecule has 0 aromatic carbocycles. The van der Waals surface area contributed by atoms with Gasteiger partial charge in [-0.2, -0.15) is 5.26 Å². The van der Waals surface area contributed by atoms with Gasteiger partial charge in [0, 0.05) is 24.8 Å². The van der Waals surface area contributed by atoms with E-state index in [1.54, 1.807) is 12.1 Å². The van der Waals surface area contributed by atoms with E-state index in [1.807, 2.05) is 6.07 Å². The van der Waals surface area contributed by atoms with Crippen LogP contribution in [-0.4, -0.2) is 41.0 Å². The number of carbonyl (C=O) groups excluding carboxylic acids is 1. The predicted molar refractivity (Wildman–Crippen MR) is 87.9 cm³/mol. The Hall–Kier alpha value is -1.93. The third kappa shape index (κ3) is 4.08. The summed E-state index contributed by atoms with van der Waals surface area (Å²) in [5, 5.41) is 11.9. The number of nitrogens with one attached hydrogen (secondary N) is 1. The molecule has 1 aliphatic carbocycles. The highest BCUT2D eigenvalue weighted by Gasteiger charge is 2.27. The molecule has 0 unspecified atom stereocenters. The van der Waals surface area contributed by atoms with Crippen LogP contribution in [0.1, 0.15) is 61.0 Å². The van der Waals surface area contributed by atoms with Gasteiger partial charge in [-0.3, -0.25) is 9.69 Å². The van der Waals surface area contributed by atoms with Gasteiger partial charge >= 0.3 is 0 Å². The number of nitriles is 1. The number of carbonyl (C=O) groups is 1. The molecule has 1 aromatic rings. The average molecular weight is 312 g/mol. The second-order valence-electron chi connectivity index (χ2n) is 6.64. The fourth-order valence-corrected chi connectivity index (χ4v) is 3.77. The second-order valence-corrected chi connectivity index (χ2v) is 6.64. The Balaban J connectivity index is 1.56. The monoisotopic (exact) mass is 312 g/mol. The first-order valence-corrected chi connectivity index (χ1v) is 8.67. The van der Waals surface area contributed by atoms with Crippen LogP contribution in [0.25, 0.3) is 0 Å². The van der Waals surface area contributed by atoms with Crippen LogP contribution >= 0.6 is 0 Å². The van der Waals surface area contributed by atoms with Crippen molar-refractivity contribution in [3.63, 3.8) is 0 Å². The minimum Gasteiger partial charge on any atom is -0.348 e. The summed E-state index contributed by atoms with van der Waals surface area (Å²) in [6, 6.07) is 6.15. The topological polar surface area (TPSA) is 69.0 Å². The molecule has 2 heterocycles. The summed E-state index contributed by atoms with van der Waals surface area (Å²) >= 11 is 0. The molecule has 1 aromatic heterocycles. The number of amides is 1. The molecule has 1 amide bonds. The maximum atomic E-state index is 12.3. The summed E-state index contributed by atoms with van der Waals surface area (Å²) in [5.74, 6) is -0.0857. The van der Waals surface area contributed by atoms with Crippen molar-refractivity contribution in [2.24, 2.45) is 0 Å². The van der Waals surface area contributed by atoms with Gasteiger partial charge in [-0.1, -0.05) is 19.3 Å². The van der Waals surface area contributed by atoms with Gasteiger partial charge in [0.15, 0.2) is 0 Å². The first kappa shape index (κ1) is 15.9. The van der Waals surface area contributed by atoms with Gasteiger partial charge in [0.05, 0.1) is 5.56 Å². The molecule has 1 atom stereocenters. The lowest BCUT2D eigenvalue weighted by Gasteiger charge is -2.40. The molecule has 2 aliphatic rings. The zero-order valence-electron chi connectivity index (χ0n) is 13.5. The molecule has 3 rings (SSSR count). The van der Waals surface area contributed by atoms with Crippen molar-refractivity contribution < 1.29 is 4.79 Å². The lowest BCUT2D eigenvalue weighted by Crippen LogP contribution is -2.51. The Kier molecular flexibility index (Phi) is 5.24. The third-order valence-corrected chi connectivity index (χ3v) is 5.02. The van der Waals surface area contributed by atoms with Crippen molar-refractivity contribution in [3.8, 4) is 6.07 Å². The smallest absolute Gasteiger partial charge is 0.253 e. The van der Waals surface area contributed by atoms with Crippen molar-refractivity contribution in [1.82, 2.24) is 15.2 Å². The molecular formula is C18H24N4O. The summed E-state index contributed by atoms with van der Waals surface area (Å²) in [5.41, 5.74) is 0.862. The minimum atomic E-state index is -0.0857. The van der Waals surface area contributed by atoms with E-state index in [2.05, 4.69) is 15.2 Å². The maximum Gasteiger partial charge on any atom is 0.253 e. The van der Waals surface area contributed by atoms with E-state index in [4.69, 9.17) is 5.26 Å². The molecule has 1 N–H and O–H groups in total. The molecule has 0 spiro atoms. The molecule has 23 heavy (non-hydrogen) atoms. The van der Waals surface area contributed by atoms with Crippen LogP contribution in [0.3, 0.4) is 0 Å². The number of hydrogen-bond acceptors (Lipinski definition) is 4. The molecular weight excluding hydrogens is 288 g/mol. The molecule has 5 nitrogen and oxygen atoms in total. The molecule has 0 bridgehead atoms.